The predicted molar refractivity (Wildman–Crippen MR) is 388 cm³/mol. The Morgan fingerprint density at radius 2 is 1.00 bits per heavy atom. The minimum absolute atomic E-state index is 0. The molecule has 0 aliphatic heterocycles. The number of rotatable bonds is 11. The fourth-order valence-corrected chi connectivity index (χ4v) is 16.3. The molecule has 93 heavy (non-hydrogen) atoms. The molecule has 0 radical (unpaired) electrons. The third-order valence-electron chi connectivity index (χ3n) is 17.5. The molecule has 0 aliphatic carbocycles. The Morgan fingerprint density at radius 3 is 1.60 bits per heavy atom. The average Bonchev–Trinajstić information content (AvgIpc) is 0.784. The molecule has 10 aromatic carbocycles. The van der Waals surface area contributed by atoms with Gasteiger partial charge in [-0.3, -0.25) is 4.57 Å². The van der Waals surface area contributed by atoms with E-state index in [1.165, 1.54) is 0 Å². The van der Waals surface area contributed by atoms with Crippen molar-refractivity contribution < 1.29 is 50.9 Å². The van der Waals surface area contributed by atoms with Crippen molar-refractivity contribution in [3.05, 3.63) is 283 Å². The van der Waals surface area contributed by atoms with Crippen molar-refractivity contribution in [3.63, 3.8) is 0 Å². The maximum absolute atomic E-state index is 10.3. The number of ether oxygens (including phenoxy) is 1. The zero-order valence-electron chi connectivity index (χ0n) is 70.4. The first-order valence-electron chi connectivity index (χ1n) is 38.8. The van der Waals surface area contributed by atoms with Crippen LogP contribution in [0.5, 0.6) is 11.5 Å². The number of hydrogen-bond donors (Lipinski definition) is 0. The van der Waals surface area contributed by atoms with E-state index in [0.717, 1.165) is 55.2 Å². The fraction of sp³-hybridized carbons (Fsp3) is 0.233. The Labute approximate surface area is 588 Å². The second-order valence-electron chi connectivity index (χ2n) is 29.1. The molecule has 0 saturated carbocycles. The number of pyridine rings is 1. The Hall–Kier alpha value is -8.67. The van der Waals surface area contributed by atoms with E-state index >= 15 is 0 Å². The van der Waals surface area contributed by atoms with Crippen LogP contribution in [0.25, 0.3) is 72.3 Å². The summed E-state index contributed by atoms with van der Waals surface area (Å²) in [4.78, 5) is 4.90. The van der Waals surface area contributed by atoms with Gasteiger partial charge >= 0.3 is 0 Å². The first kappa shape index (κ1) is 48.1. The van der Waals surface area contributed by atoms with Crippen LogP contribution in [0.2, 0.25) is 0 Å². The molecule has 3 heterocycles. The summed E-state index contributed by atoms with van der Waals surface area (Å²) < 4.78 is 159. The molecule has 0 amide bonds. The standard InChI is InChI=1S/C86H84N4OSi.Pt/c1-82(2,3)61-30-27-29-59(47-61)74-52-65(86(13,14)15)53-79(92(69-33-19-16-20-34-69,70-35-21-17-22-36-70)71-37-23-18-24-38-71)81(74)89-57-88(78-50-58(41-44-76(78)89)60-48-63(84(7,8)9)51-64(49-60)85(10,11)12)66-31-28-32-67(55-66)91-68-42-43-73-72-39-25-26-40-75(72)90(77(73)56-68)80-54-62(45-46-87-80)83(4,5)6;/h16-54H,1-15H3;/q-2;/i16D,17D,18D,19D,20D,21D,22D,23D,24D,33D,34D,35D,36D,37D,38D;. The number of fused-ring (bicyclic) bond motifs is 4. The first-order valence-corrected chi connectivity index (χ1v) is 33.3. The van der Waals surface area contributed by atoms with Crippen LogP contribution in [0, 0.1) is 18.5 Å². The van der Waals surface area contributed by atoms with Crippen LogP contribution in [0.4, 0.5) is 0 Å². The third-order valence-corrected chi connectivity index (χ3v) is 21.7. The summed E-state index contributed by atoms with van der Waals surface area (Å²) in [7, 11) is -5.95. The SMILES string of the molecule is [2H]c1c([2H])c([2H])c([Si](c2cc(C(C)(C)C)cc(-c3cccc(C(C)(C)C)c3)c2-[n+]2[c-]n(-c3[c-]c(Oc4[c-]c5c(cc4)c4ccccc4n5-c4cc(C(C)(C)C)ccn4)ccc3)c3cc(-c4cc(C(C)(C)C)cc(C(C)(C)C)c4)ccc32)(c2c([2H])c([2H])c([2H])c([2H])c2[2H])c2c([2H])c([2H])c([2H])c([2H])c2[2H])c([2H])c1[2H].[Pt]. The zero-order valence-corrected chi connectivity index (χ0v) is 58.6. The van der Waals surface area contributed by atoms with Gasteiger partial charge in [-0.2, -0.15) is 18.2 Å². The molecule has 0 bridgehead atoms. The van der Waals surface area contributed by atoms with E-state index in [-0.39, 0.29) is 53.9 Å². The van der Waals surface area contributed by atoms with Crippen LogP contribution >= 0.6 is 0 Å². The Balaban J connectivity index is 0.0000109. The van der Waals surface area contributed by atoms with Crippen molar-refractivity contribution in [2.24, 2.45) is 0 Å². The largest absolute Gasteiger partial charge is 0.510 e. The number of hydrogen-bond acceptors (Lipinski definition) is 2. The second kappa shape index (κ2) is 24.3. The smallest absolute Gasteiger partial charge is 0.268 e. The summed E-state index contributed by atoms with van der Waals surface area (Å²) in [5.74, 6) is 1.36. The number of imidazole rings is 1. The van der Waals surface area contributed by atoms with Gasteiger partial charge in [0.1, 0.15) is 5.82 Å². The number of nitrogens with zero attached hydrogens (tertiary/aromatic N) is 4. The first-order chi connectivity index (χ1) is 50.0. The number of aromatic nitrogens is 4. The molecular formula is C86H84N4OPtSi-2. The van der Waals surface area contributed by atoms with Crippen molar-refractivity contribution >= 4 is 61.7 Å². The normalized spacial score (nSPS) is 14.8. The molecule has 470 valence electrons. The maximum atomic E-state index is 10.3. The van der Waals surface area contributed by atoms with Crippen molar-refractivity contribution in [2.45, 2.75) is 131 Å². The predicted octanol–water partition coefficient (Wildman–Crippen LogP) is 18.8. The molecule has 0 spiro atoms. The van der Waals surface area contributed by atoms with Crippen molar-refractivity contribution in [1.29, 1.82) is 0 Å². The van der Waals surface area contributed by atoms with Crippen LogP contribution in [-0.2, 0) is 48.1 Å². The van der Waals surface area contributed by atoms with Gasteiger partial charge in [-0.15, -0.1) is 29.7 Å². The summed E-state index contributed by atoms with van der Waals surface area (Å²) >= 11 is 0. The molecule has 0 saturated heterocycles. The molecule has 0 fully saturated rings. The third kappa shape index (κ3) is 12.2. The monoisotopic (exact) mass is 1430 g/mol. The van der Waals surface area contributed by atoms with Gasteiger partial charge in [-0.05, 0) is 133 Å². The molecule has 5 nitrogen and oxygen atoms in total. The van der Waals surface area contributed by atoms with E-state index in [2.05, 4.69) is 143 Å². The van der Waals surface area contributed by atoms with Gasteiger partial charge < -0.3 is 13.9 Å². The quantitative estimate of drug-likeness (QED) is 0.0560. The van der Waals surface area contributed by atoms with Crippen LogP contribution in [-0.4, -0.2) is 22.2 Å². The maximum Gasteiger partial charge on any atom is 0.268 e. The molecule has 13 rings (SSSR count). The van der Waals surface area contributed by atoms with E-state index in [1.54, 1.807) is 16.7 Å². The van der Waals surface area contributed by atoms with Gasteiger partial charge in [0.15, 0.2) is 8.07 Å². The minimum atomic E-state index is -5.95. The number of para-hydroxylation sites is 1. The molecule has 0 N–H and O–H groups in total. The van der Waals surface area contributed by atoms with Gasteiger partial charge in [-0.1, -0.05) is 285 Å². The molecule has 13 aromatic rings. The molecule has 0 unspecified atom stereocenters. The van der Waals surface area contributed by atoms with E-state index in [9.17, 15) is 16.4 Å². The second-order valence-corrected chi connectivity index (χ2v) is 32.7. The minimum Gasteiger partial charge on any atom is -0.510 e. The summed E-state index contributed by atoms with van der Waals surface area (Å²) in [5, 5.41) is 0.0154. The van der Waals surface area contributed by atoms with Gasteiger partial charge in [0.2, 0.25) is 0 Å². The zero-order chi connectivity index (χ0) is 77.8. The summed E-state index contributed by atoms with van der Waals surface area (Å²) in [6.07, 6.45) is 5.59. The molecule has 7 heteroatoms. The van der Waals surface area contributed by atoms with Crippen LogP contribution in [0.15, 0.2) is 236 Å². The van der Waals surface area contributed by atoms with Crippen LogP contribution in [0.3, 0.4) is 0 Å². The molecular weight excluding hydrogens is 1330 g/mol. The Bertz CT molecular complexity index is 5580. The van der Waals surface area contributed by atoms with Crippen LogP contribution in [0.1, 0.15) is 152 Å². The van der Waals surface area contributed by atoms with Crippen molar-refractivity contribution in [2.75, 3.05) is 0 Å². The van der Waals surface area contributed by atoms with Gasteiger partial charge in [-0.25, -0.2) is 4.98 Å². The topological polar surface area (TPSA) is 35.9 Å². The number of benzene rings is 10. The van der Waals surface area contributed by atoms with Crippen molar-refractivity contribution in [1.82, 2.24) is 14.1 Å². The van der Waals surface area contributed by atoms with Gasteiger partial charge in [0.05, 0.1) is 37.3 Å². The molecule has 3 aromatic heterocycles. The Morgan fingerprint density at radius 1 is 0.452 bits per heavy atom. The summed E-state index contributed by atoms with van der Waals surface area (Å²) in [5.41, 5.74) is 8.40. The fourth-order valence-electron chi connectivity index (χ4n) is 12.3. The van der Waals surface area contributed by atoms with E-state index in [0.29, 0.717) is 45.0 Å². The van der Waals surface area contributed by atoms with E-state index < -0.39 is 125 Å². The summed E-state index contributed by atoms with van der Waals surface area (Å²) in [6.45, 7) is 31.6. The Kier molecular flexibility index (Phi) is 12.6. The van der Waals surface area contributed by atoms with E-state index in [4.69, 9.17) is 13.8 Å². The van der Waals surface area contributed by atoms with Crippen LogP contribution < -0.4 is 30.1 Å². The molecule has 0 aliphatic rings. The van der Waals surface area contributed by atoms with Gasteiger partial charge in [0, 0.05) is 44.3 Å². The van der Waals surface area contributed by atoms with E-state index in [1.807, 2.05) is 123 Å². The average molecular weight is 1430 g/mol. The molecule has 0 atom stereocenters. The summed E-state index contributed by atoms with van der Waals surface area (Å²) in [6, 6.07) is 39.9. The van der Waals surface area contributed by atoms with Crippen molar-refractivity contribution in [3.8, 4) is 50.9 Å². The van der Waals surface area contributed by atoms with Gasteiger partial charge in [0.25, 0.3) is 6.33 Å².